The summed E-state index contributed by atoms with van der Waals surface area (Å²) in [6, 6.07) is 7.25. The van der Waals surface area contributed by atoms with Crippen molar-refractivity contribution >= 4 is 5.91 Å². The average molecular weight is 276 g/mol. The van der Waals surface area contributed by atoms with Gasteiger partial charge in [-0.3, -0.25) is 4.79 Å². The number of methoxy groups -OCH3 is 1. The van der Waals surface area contributed by atoms with Gasteiger partial charge in [0.05, 0.1) is 7.11 Å². The lowest BCUT2D eigenvalue weighted by Gasteiger charge is -2.14. The molecule has 1 aromatic carbocycles. The molecule has 110 valence electrons. The zero-order valence-corrected chi connectivity index (χ0v) is 12.2. The molecular formula is C16H24N2O2. The third kappa shape index (κ3) is 4.53. The van der Waals surface area contributed by atoms with Gasteiger partial charge >= 0.3 is 0 Å². The number of ether oxygens (including phenoxy) is 1. The summed E-state index contributed by atoms with van der Waals surface area (Å²) >= 11 is 0. The predicted octanol–water partition coefficient (Wildman–Crippen LogP) is 2.30. The molecular weight excluding hydrogens is 252 g/mol. The van der Waals surface area contributed by atoms with Crippen molar-refractivity contribution in [3.63, 3.8) is 0 Å². The van der Waals surface area contributed by atoms with E-state index >= 15 is 0 Å². The summed E-state index contributed by atoms with van der Waals surface area (Å²) in [4.78, 5) is 14.5. The lowest BCUT2D eigenvalue weighted by atomic mass is 10.2. The van der Waals surface area contributed by atoms with Crippen LogP contribution in [0.25, 0.3) is 0 Å². The van der Waals surface area contributed by atoms with Gasteiger partial charge in [0, 0.05) is 12.1 Å². The highest BCUT2D eigenvalue weighted by molar-refractivity contribution is 5.94. The number of carbonyl (C=O) groups excluding carboxylic acids is 1. The maximum absolute atomic E-state index is 12.0. The lowest BCUT2D eigenvalue weighted by molar-refractivity contribution is 0.0952. The molecule has 1 heterocycles. The molecule has 0 aliphatic carbocycles. The molecule has 0 radical (unpaired) electrons. The first-order valence-corrected chi connectivity index (χ1v) is 7.44. The standard InChI is InChI=1S/C16H24N2O2/c1-20-15-8-6-7-14(13-15)16(19)17-9-2-3-10-18-11-4-5-12-18/h6-8,13H,2-5,9-12H2,1H3,(H,17,19). The Morgan fingerprint density at radius 2 is 2.10 bits per heavy atom. The van der Waals surface area contributed by atoms with E-state index in [9.17, 15) is 4.79 Å². The summed E-state index contributed by atoms with van der Waals surface area (Å²) in [6.07, 6.45) is 4.86. The van der Waals surface area contributed by atoms with Gasteiger partial charge in [-0.25, -0.2) is 0 Å². The van der Waals surface area contributed by atoms with Crippen LogP contribution < -0.4 is 10.1 Å². The van der Waals surface area contributed by atoms with Crippen LogP contribution in [0.4, 0.5) is 0 Å². The maximum Gasteiger partial charge on any atom is 0.251 e. The van der Waals surface area contributed by atoms with Crippen LogP contribution >= 0.6 is 0 Å². The fourth-order valence-corrected chi connectivity index (χ4v) is 2.53. The van der Waals surface area contributed by atoms with Gasteiger partial charge < -0.3 is 15.0 Å². The van der Waals surface area contributed by atoms with Gasteiger partial charge in [-0.15, -0.1) is 0 Å². The fourth-order valence-electron chi connectivity index (χ4n) is 2.53. The van der Waals surface area contributed by atoms with Crippen LogP contribution in [0.2, 0.25) is 0 Å². The topological polar surface area (TPSA) is 41.6 Å². The Bertz CT molecular complexity index is 428. The molecule has 0 bridgehead atoms. The molecule has 1 fully saturated rings. The van der Waals surface area contributed by atoms with Gasteiger partial charge in [-0.1, -0.05) is 6.07 Å². The van der Waals surface area contributed by atoms with Crippen LogP contribution in [0, 0.1) is 0 Å². The number of rotatable bonds is 7. The number of hydrogen-bond donors (Lipinski definition) is 1. The van der Waals surface area contributed by atoms with Gasteiger partial charge in [0.1, 0.15) is 5.75 Å². The molecule has 0 unspecified atom stereocenters. The van der Waals surface area contributed by atoms with Crippen molar-refractivity contribution in [3.05, 3.63) is 29.8 Å². The highest BCUT2D eigenvalue weighted by Crippen LogP contribution is 2.12. The summed E-state index contributed by atoms with van der Waals surface area (Å²) in [5, 5.41) is 2.96. The van der Waals surface area contributed by atoms with Crippen molar-refractivity contribution in [1.82, 2.24) is 10.2 Å². The Morgan fingerprint density at radius 3 is 2.85 bits per heavy atom. The van der Waals surface area contributed by atoms with E-state index in [1.54, 1.807) is 13.2 Å². The van der Waals surface area contributed by atoms with E-state index in [0.717, 1.165) is 25.9 Å². The molecule has 1 amide bonds. The number of nitrogens with one attached hydrogen (secondary N) is 1. The molecule has 0 saturated carbocycles. The van der Waals surface area contributed by atoms with Crippen LogP contribution in [0.15, 0.2) is 24.3 Å². The van der Waals surface area contributed by atoms with Crippen molar-refractivity contribution in [2.24, 2.45) is 0 Å². The van der Waals surface area contributed by atoms with E-state index in [4.69, 9.17) is 4.74 Å². The summed E-state index contributed by atoms with van der Waals surface area (Å²) in [6.45, 7) is 4.39. The van der Waals surface area contributed by atoms with Gasteiger partial charge in [0.15, 0.2) is 0 Å². The molecule has 0 aromatic heterocycles. The SMILES string of the molecule is COc1cccc(C(=O)NCCCCN2CCCC2)c1. The number of amides is 1. The lowest BCUT2D eigenvalue weighted by Crippen LogP contribution is -2.26. The van der Waals surface area contributed by atoms with E-state index < -0.39 is 0 Å². The second-order valence-electron chi connectivity index (χ2n) is 5.24. The minimum absolute atomic E-state index is 0.0231. The molecule has 1 aromatic rings. The number of benzene rings is 1. The van der Waals surface area contributed by atoms with Gasteiger partial charge in [-0.05, 0) is 63.5 Å². The van der Waals surface area contributed by atoms with E-state index in [-0.39, 0.29) is 5.91 Å². The molecule has 4 nitrogen and oxygen atoms in total. The minimum atomic E-state index is -0.0231. The van der Waals surface area contributed by atoms with Crippen LogP contribution in [0.5, 0.6) is 5.75 Å². The number of hydrogen-bond acceptors (Lipinski definition) is 3. The van der Waals surface area contributed by atoms with E-state index in [0.29, 0.717) is 11.3 Å². The summed E-state index contributed by atoms with van der Waals surface area (Å²) in [5.41, 5.74) is 0.656. The van der Waals surface area contributed by atoms with Gasteiger partial charge in [-0.2, -0.15) is 0 Å². The number of nitrogens with zero attached hydrogens (tertiary/aromatic N) is 1. The van der Waals surface area contributed by atoms with Crippen molar-refractivity contribution in [1.29, 1.82) is 0 Å². The largest absolute Gasteiger partial charge is 0.497 e. The van der Waals surface area contributed by atoms with Gasteiger partial charge in [0.25, 0.3) is 5.91 Å². The molecule has 1 aliphatic rings. The third-order valence-corrected chi connectivity index (χ3v) is 3.72. The first-order valence-electron chi connectivity index (χ1n) is 7.44. The van der Waals surface area contributed by atoms with Gasteiger partial charge in [0.2, 0.25) is 0 Å². The molecule has 0 atom stereocenters. The van der Waals surface area contributed by atoms with E-state index in [2.05, 4.69) is 10.2 Å². The monoisotopic (exact) mass is 276 g/mol. The second kappa shape index (κ2) is 7.90. The van der Waals surface area contributed by atoms with Crippen LogP contribution in [0.1, 0.15) is 36.0 Å². The molecule has 1 N–H and O–H groups in total. The smallest absolute Gasteiger partial charge is 0.251 e. The Hall–Kier alpha value is -1.55. The van der Waals surface area contributed by atoms with Crippen molar-refractivity contribution < 1.29 is 9.53 Å². The van der Waals surface area contributed by atoms with Crippen molar-refractivity contribution in [3.8, 4) is 5.75 Å². The molecule has 0 spiro atoms. The highest BCUT2D eigenvalue weighted by atomic mass is 16.5. The van der Waals surface area contributed by atoms with E-state index in [1.807, 2.05) is 18.2 Å². The summed E-state index contributed by atoms with van der Waals surface area (Å²) in [7, 11) is 1.61. The van der Waals surface area contributed by atoms with E-state index in [1.165, 1.54) is 25.9 Å². The molecule has 4 heteroatoms. The normalized spacial score (nSPS) is 15.2. The average Bonchev–Trinajstić information content (AvgIpc) is 3.00. The van der Waals surface area contributed by atoms with Crippen LogP contribution in [0.3, 0.4) is 0 Å². The summed E-state index contributed by atoms with van der Waals surface area (Å²) < 4.78 is 5.12. The zero-order valence-electron chi connectivity index (χ0n) is 12.2. The van der Waals surface area contributed by atoms with Crippen LogP contribution in [-0.2, 0) is 0 Å². The number of likely N-dealkylation sites (tertiary alicyclic amines) is 1. The van der Waals surface area contributed by atoms with Crippen LogP contribution in [-0.4, -0.2) is 44.1 Å². The highest BCUT2D eigenvalue weighted by Gasteiger charge is 2.10. The molecule has 1 aliphatic heterocycles. The second-order valence-corrected chi connectivity index (χ2v) is 5.24. The fraction of sp³-hybridized carbons (Fsp3) is 0.562. The minimum Gasteiger partial charge on any atom is -0.497 e. The Balaban J connectivity index is 1.64. The first-order chi connectivity index (χ1) is 9.79. The van der Waals surface area contributed by atoms with Crippen molar-refractivity contribution in [2.45, 2.75) is 25.7 Å². The molecule has 2 rings (SSSR count). The Morgan fingerprint density at radius 1 is 1.30 bits per heavy atom. The third-order valence-electron chi connectivity index (χ3n) is 3.72. The zero-order chi connectivity index (χ0) is 14.2. The predicted molar refractivity (Wildman–Crippen MR) is 80.2 cm³/mol. The molecule has 20 heavy (non-hydrogen) atoms. The maximum atomic E-state index is 12.0. The summed E-state index contributed by atoms with van der Waals surface area (Å²) in [5.74, 6) is 0.691. The molecule has 1 saturated heterocycles. The Labute approximate surface area is 121 Å². The number of carbonyl (C=O) groups is 1. The quantitative estimate of drug-likeness (QED) is 0.777. The number of unbranched alkanes of at least 4 members (excludes halogenated alkanes) is 1. The first kappa shape index (κ1) is 14.9. The van der Waals surface area contributed by atoms with Crippen molar-refractivity contribution in [2.75, 3.05) is 33.3 Å². The Kier molecular flexibility index (Phi) is 5.87.